The summed E-state index contributed by atoms with van der Waals surface area (Å²) in [5.41, 5.74) is 5.73. The van der Waals surface area contributed by atoms with Gasteiger partial charge in [0.05, 0.1) is 16.8 Å². The molecule has 0 aliphatic carbocycles. The van der Waals surface area contributed by atoms with Gasteiger partial charge < -0.3 is 15.5 Å². The van der Waals surface area contributed by atoms with Crippen molar-refractivity contribution in [2.75, 3.05) is 6.54 Å². The molecule has 1 unspecified atom stereocenters. The van der Waals surface area contributed by atoms with E-state index < -0.39 is 0 Å². The number of nitrogens with one attached hydrogen (secondary N) is 1. The number of halogens is 1. The predicted octanol–water partition coefficient (Wildman–Crippen LogP) is 2.89. The van der Waals surface area contributed by atoms with Gasteiger partial charge in [0, 0.05) is 18.0 Å². The molecule has 3 N–H and O–H groups in total. The SMILES string of the molecule is NCC(NCc1cccs1)c1occc1Br. The Bertz CT molecular complexity index is 427. The van der Waals surface area contributed by atoms with Crippen LogP contribution >= 0.6 is 27.3 Å². The summed E-state index contributed by atoms with van der Waals surface area (Å²) >= 11 is 5.17. The van der Waals surface area contributed by atoms with E-state index >= 15 is 0 Å². The van der Waals surface area contributed by atoms with Gasteiger partial charge in [-0.15, -0.1) is 11.3 Å². The Balaban J connectivity index is 1.99. The first-order valence-corrected chi connectivity index (χ1v) is 6.67. The third kappa shape index (κ3) is 2.74. The van der Waals surface area contributed by atoms with Gasteiger partial charge in [-0.25, -0.2) is 0 Å². The fourth-order valence-electron chi connectivity index (χ4n) is 1.47. The van der Waals surface area contributed by atoms with E-state index in [4.69, 9.17) is 10.2 Å². The monoisotopic (exact) mass is 300 g/mol. The Morgan fingerprint density at radius 3 is 2.94 bits per heavy atom. The molecule has 2 rings (SSSR count). The molecule has 0 amide bonds. The molecule has 3 nitrogen and oxygen atoms in total. The minimum Gasteiger partial charge on any atom is -0.466 e. The Morgan fingerprint density at radius 1 is 1.50 bits per heavy atom. The minimum atomic E-state index is 0.0477. The van der Waals surface area contributed by atoms with Gasteiger partial charge in [-0.1, -0.05) is 6.07 Å². The van der Waals surface area contributed by atoms with Crippen LogP contribution in [0.2, 0.25) is 0 Å². The van der Waals surface area contributed by atoms with Gasteiger partial charge in [0.25, 0.3) is 0 Å². The third-order valence-electron chi connectivity index (χ3n) is 2.30. The van der Waals surface area contributed by atoms with E-state index in [1.807, 2.05) is 12.1 Å². The van der Waals surface area contributed by atoms with Gasteiger partial charge in [-0.05, 0) is 33.4 Å². The lowest BCUT2D eigenvalue weighted by atomic mass is 10.2. The Kier molecular flexibility index (Phi) is 4.17. The van der Waals surface area contributed by atoms with Crippen molar-refractivity contribution >= 4 is 27.3 Å². The van der Waals surface area contributed by atoms with Crippen molar-refractivity contribution in [2.24, 2.45) is 5.73 Å². The van der Waals surface area contributed by atoms with Crippen LogP contribution in [-0.4, -0.2) is 6.54 Å². The number of thiophene rings is 1. The minimum absolute atomic E-state index is 0.0477. The molecular formula is C11H13BrN2OS. The Labute approximate surface area is 107 Å². The number of nitrogens with two attached hydrogens (primary N) is 1. The summed E-state index contributed by atoms with van der Waals surface area (Å²) in [7, 11) is 0. The smallest absolute Gasteiger partial charge is 0.136 e. The predicted molar refractivity (Wildman–Crippen MR) is 69.4 cm³/mol. The highest BCUT2D eigenvalue weighted by Crippen LogP contribution is 2.24. The zero-order chi connectivity index (χ0) is 11.4. The fourth-order valence-corrected chi connectivity index (χ4v) is 2.61. The molecule has 0 spiro atoms. The van der Waals surface area contributed by atoms with Crippen LogP contribution in [0.5, 0.6) is 0 Å². The molecule has 2 heterocycles. The Hall–Kier alpha value is -0.620. The fraction of sp³-hybridized carbons (Fsp3) is 0.273. The average molecular weight is 301 g/mol. The molecule has 86 valence electrons. The molecule has 0 bridgehead atoms. The average Bonchev–Trinajstić information content (AvgIpc) is 2.92. The van der Waals surface area contributed by atoms with Crippen LogP contribution in [0.25, 0.3) is 0 Å². The van der Waals surface area contributed by atoms with E-state index in [1.165, 1.54) is 4.88 Å². The zero-order valence-electron chi connectivity index (χ0n) is 8.65. The van der Waals surface area contributed by atoms with E-state index in [9.17, 15) is 0 Å². The highest BCUT2D eigenvalue weighted by atomic mass is 79.9. The highest BCUT2D eigenvalue weighted by Gasteiger charge is 2.15. The van der Waals surface area contributed by atoms with Crippen molar-refractivity contribution < 1.29 is 4.42 Å². The maximum Gasteiger partial charge on any atom is 0.136 e. The number of furan rings is 1. The largest absolute Gasteiger partial charge is 0.466 e. The van der Waals surface area contributed by atoms with Gasteiger partial charge in [-0.2, -0.15) is 0 Å². The molecular weight excluding hydrogens is 288 g/mol. The molecule has 0 aliphatic rings. The maximum atomic E-state index is 5.73. The summed E-state index contributed by atoms with van der Waals surface area (Å²) in [5, 5.41) is 5.44. The first-order valence-electron chi connectivity index (χ1n) is 5.00. The molecule has 2 aromatic rings. The molecule has 0 aliphatic heterocycles. The molecule has 0 aromatic carbocycles. The van der Waals surface area contributed by atoms with E-state index in [2.05, 4.69) is 32.7 Å². The lowest BCUT2D eigenvalue weighted by Gasteiger charge is -2.14. The molecule has 5 heteroatoms. The summed E-state index contributed by atoms with van der Waals surface area (Å²) in [6, 6.07) is 6.07. The number of hydrogen-bond acceptors (Lipinski definition) is 4. The maximum absolute atomic E-state index is 5.73. The lowest BCUT2D eigenvalue weighted by Crippen LogP contribution is -2.27. The Morgan fingerprint density at radius 2 is 2.38 bits per heavy atom. The van der Waals surface area contributed by atoms with Crippen molar-refractivity contribution in [3.63, 3.8) is 0 Å². The van der Waals surface area contributed by atoms with Crippen molar-refractivity contribution in [3.05, 3.63) is 45.0 Å². The quantitative estimate of drug-likeness (QED) is 0.893. The van der Waals surface area contributed by atoms with Crippen LogP contribution in [-0.2, 0) is 6.54 Å². The van der Waals surface area contributed by atoms with Crippen molar-refractivity contribution in [1.82, 2.24) is 5.32 Å². The van der Waals surface area contributed by atoms with E-state index in [-0.39, 0.29) is 6.04 Å². The standard InChI is InChI=1S/C11H13BrN2OS/c12-9-3-4-15-11(9)10(6-13)14-7-8-2-1-5-16-8/h1-5,10,14H,6-7,13H2. The van der Waals surface area contributed by atoms with Crippen molar-refractivity contribution in [3.8, 4) is 0 Å². The second-order valence-corrected chi connectivity index (χ2v) is 5.27. The van der Waals surface area contributed by atoms with Crippen LogP contribution < -0.4 is 11.1 Å². The van der Waals surface area contributed by atoms with Gasteiger partial charge in [0.2, 0.25) is 0 Å². The summed E-state index contributed by atoms with van der Waals surface area (Å²) in [6.45, 7) is 1.32. The topological polar surface area (TPSA) is 51.2 Å². The molecule has 1 atom stereocenters. The van der Waals surface area contributed by atoms with Gasteiger partial charge >= 0.3 is 0 Å². The van der Waals surface area contributed by atoms with E-state index in [0.717, 1.165) is 16.8 Å². The third-order valence-corrected chi connectivity index (χ3v) is 3.83. The molecule has 2 aromatic heterocycles. The number of hydrogen-bond donors (Lipinski definition) is 2. The van der Waals surface area contributed by atoms with E-state index in [1.54, 1.807) is 17.6 Å². The van der Waals surface area contributed by atoms with Crippen molar-refractivity contribution in [2.45, 2.75) is 12.6 Å². The lowest BCUT2D eigenvalue weighted by molar-refractivity contribution is 0.414. The van der Waals surface area contributed by atoms with Crippen LogP contribution in [0.3, 0.4) is 0 Å². The molecule has 0 saturated heterocycles. The first-order chi connectivity index (χ1) is 7.81. The van der Waals surface area contributed by atoms with Gasteiger partial charge in [0.1, 0.15) is 5.76 Å². The van der Waals surface area contributed by atoms with E-state index in [0.29, 0.717) is 6.54 Å². The normalized spacial score (nSPS) is 12.9. The first kappa shape index (κ1) is 11.9. The molecule has 0 radical (unpaired) electrons. The van der Waals surface area contributed by atoms with Crippen molar-refractivity contribution in [1.29, 1.82) is 0 Å². The second kappa shape index (κ2) is 5.63. The van der Waals surface area contributed by atoms with Gasteiger partial charge in [0.15, 0.2) is 0 Å². The summed E-state index contributed by atoms with van der Waals surface area (Å²) in [4.78, 5) is 1.29. The van der Waals surface area contributed by atoms with Crippen LogP contribution in [0.15, 0.2) is 38.7 Å². The van der Waals surface area contributed by atoms with Crippen LogP contribution in [0.4, 0.5) is 0 Å². The van der Waals surface area contributed by atoms with Crippen LogP contribution in [0.1, 0.15) is 16.7 Å². The number of rotatable bonds is 5. The summed E-state index contributed by atoms with van der Waals surface area (Å²) in [5.74, 6) is 0.860. The second-order valence-electron chi connectivity index (χ2n) is 3.38. The summed E-state index contributed by atoms with van der Waals surface area (Å²) in [6.07, 6.45) is 1.66. The molecule has 0 fully saturated rings. The summed E-state index contributed by atoms with van der Waals surface area (Å²) < 4.78 is 6.36. The molecule has 0 saturated carbocycles. The molecule has 16 heavy (non-hydrogen) atoms. The van der Waals surface area contributed by atoms with Gasteiger partial charge in [-0.3, -0.25) is 0 Å². The zero-order valence-corrected chi connectivity index (χ0v) is 11.1. The highest BCUT2D eigenvalue weighted by molar-refractivity contribution is 9.10. The van der Waals surface area contributed by atoms with Crippen LogP contribution in [0, 0.1) is 0 Å².